The summed E-state index contributed by atoms with van der Waals surface area (Å²) in [6.07, 6.45) is 4.09. The SMILES string of the molecule is c1ccc2c(N[C@@H](c3ccc4c(c3)OCCO4)C3CC3)ncnc2c1. The Bertz CT molecular complexity index is 918. The average molecular weight is 333 g/mol. The van der Waals surface area contributed by atoms with Gasteiger partial charge in [-0.2, -0.15) is 0 Å². The number of nitrogens with zero attached hydrogens (tertiary/aromatic N) is 2. The van der Waals surface area contributed by atoms with Gasteiger partial charge in [0.15, 0.2) is 11.5 Å². The molecule has 1 atom stereocenters. The summed E-state index contributed by atoms with van der Waals surface area (Å²) in [6, 6.07) is 14.6. The van der Waals surface area contributed by atoms with E-state index in [4.69, 9.17) is 9.47 Å². The van der Waals surface area contributed by atoms with E-state index in [1.807, 2.05) is 24.3 Å². The maximum absolute atomic E-state index is 5.76. The summed E-state index contributed by atoms with van der Waals surface area (Å²) in [4.78, 5) is 8.84. The second kappa shape index (κ2) is 5.92. The minimum absolute atomic E-state index is 0.217. The van der Waals surface area contributed by atoms with Crippen molar-refractivity contribution in [1.82, 2.24) is 9.97 Å². The number of rotatable bonds is 4. The maximum Gasteiger partial charge on any atom is 0.161 e. The molecule has 5 rings (SSSR count). The first-order valence-electron chi connectivity index (χ1n) is 8.74. The van der Waals surface area contributed by atoms with Crippen LogP contribution in [0.1, 0.15) is 24.4 Å². The van der Waals surface area contributed by atoms with Crippen LogP contribution in [0.2, 0.25) is 0 Å². The predicted octanol–water partition coefficient (Wildman–Crippen LogP) is 3.96. The lowest BCUT2D eigenvalue weighted by atomic mass is 10.0. The molecule has 0 radical (unpaired) electrons. The van der Waals surface area contributed by atoms with E-state index in [0.29, 0.717) is 19.1 Å². The number of para-hydroxylation sites is 1. The first-order chi connectivity index (χ1) is 12.4. The zero-order valence-electron chi connectivity index (χ0n) is 13.8. The molecular weight excluding hydrogens is 314 g/mol. The summed E-state index contributed by atoms with van der Waals surface area (Å²) in [6.45, 7) is 1.22. The Kier molecular flexibility index (Phi) is 3.44. The zero-order chi connectivity index (χ0) is 16.6. The molecule has 5 heteroatoms. The molecule has 1 aliphatic carbocycles. The molecule has 2 aromatic carbocycles. The van der Waals surface area contributed by atoms with E-state index in [1.165, 1.54) is 18.4 Å². The van der Waals surface area contributed by atoms with Gasteiger partial charge in [-0.3, -0.25) is 0 Å². The van der Waals surface area contributed by atoms with Gasteiger partial charge in [-0.05, 0) is 48.6 Å². The molecule has 0 saturated heterocycles. The third-order valence-corrected chi connectivity index (χ3v) is 4.85. The van der Waals surface area contributed by atoms with E-state index in [2.05, 4.69) is 33.5 Å². The maximum atomic E-state index is 5.76. The highest BCUT2D eigenvalue weighted by Crippen LogP contribution is 2.45. The number of anilines is 1. The summed E-state index contributed by atoms with van der Waals surface area (Å²) in [5.74, 6) is 3.18. The highest BCUT2D eigenvalue weighted by molar-refractivity contribution is 5.88. The molecule has 126 valence electrons. The van der Waals surface area contributed by atoms with Gasteiger partial charge in [-0.15, -0.1) is 0 Å². The first-order valence-corrected chi connectivity index (χ1v) is 8.74. The van der Waals surface area contributed by atoms with Crippen molar-refractivity contribution in [2.45, 2.75) is 18.9 Å². The second-order valence-corrected chi connectivity index (χ2v) is 6.60. The second-order valence-electron chi connectivity index (χ2n) is 6.60. The van der Waals surface area contributed by atoms with E-state index < -0.39 is 0 Å². The van der Waals surface area contributed by atoms with Gasteiger partial charge in [0.2, 0.25) is 0 Å². The number of benzene rings is 2. The van der Waals surface area contributed by atoms with Crippen molar-refractivity contribution < 1.29 is 9.47 Å². The van der Waals surface area contributed by atoms with Crippen molar-refractivity contribution in [3.05, 3.63) is 54.4 Å². The summed E-state index contributed by atoms with van der Waals surface area (Å²) in [5.41, 5.74) is 2.17. The van der Waals surface area contributed by atoms with E-state index >= 15 is 0 Å². The average Bonchev–Trinajstić information content (AvgIpc) is 3.51. The van der Waals surface area contributed by atoms with Crippen LogP contribution in [0.4, 0.5) is 5.82 Å². The number of fused-ring (bicyclic) bond motifs is 2. The van der Waals surface area contributed by atoms with E-state index in [9.17, 15) is 0 Å². The lowest BCUT2D eigenvalue weighted by Gasteiger charge is -2.23. The first kappa shape index (κ1) is 14.5. The summed E-state index contributed by atoms with van der Waals surface area (Å²) in [7, 11) is 0. The van der Waals surface area contributed by atoms with Gasteiger partial charge in [-0.25, -0.2) is 9.97 Å². The highest BCUT2D eigenvalue weighted by Gasteiger charge is 2.33. The smallest absolute Gasteiger partial charge is 0.161 e. The number of hydrogen-bond acceptors (Lipinski definition) is 5. The lowest BCUT2D eigenvalue weighted by molar-refractivity contribution is 0.171. The summed E-state index contributed by atoms with van der Waals surface area (Å²) in [5, 5.41) is 4.71. The minimum atomic E-state index is 0.217. The largest absolute Gasteiger partial charge is 0.486 e. The summed E-state index contributed by atoms with van der Waals surface area (Å²) >= 11 is 0. The van der Waals surface area contributed by atoms with Crippen LogP contribution in [0, 0.1) is 5.92 Å². The third kappa shape index (κ3) is 2.76. The van der Waals surface area contributed by atoms with Crippen LogP contribution in [0.5, 0.6) is 11.5 Å². The lowest BCUT2D eigenvalue weighted by Crippen LogP contribution is -2.17. The monoisotopic (exact) mass is 333 g/mol. The van der Waals surface area contributed by atoms with Crippen LogP contribution >= 0.6 is 0 Å². The molecule has 1 fully saturated rings. The van der Waals surface area contributed by atoms with Gasteiger partial charge in [0.25, 0.3) is 0 Å². The molecule has 5 nitrogen and oxygen atoms in total. The molecule has 0 bridgehead atoms. The normalized spacial score (nSPS) is 17.3. The fourth-order valence-electron chi connectivity index (χ4n) is 3.42. The number of aromatic nitrogens is 2. The van der Waals surface area contributed by atoms with Crippen molar-refractivity contribution >= 4 is 16.7 Å². The van der Waals surface area contributed by atoms with Gasteiger partial charge in [-0.1, -0.05) is 18.2 Å². The van der Waals surface area contributed by atoms with Crippen LogP contribution in [0.15, 0.2) is 48.8 Å². The van der Waals surface area contributed by atoms with Crippen LogP contribution in [0.25, 0.3) is 10.9 Å². The molecule has 1 aliphatic heterocycles. The van der Waals surface area contributed by atoms with Crippen molar-refractivity contribution in [3.63, 3.8) is 0 Å². The molecule has 3 aromatic rings. The molecule has 0 unspecified atom stereocenters. The molecule has 2 aliphatic rings. The Labute approximate surface area is 146 Å². The zero-order valence-corrected chi connectivity index (χ0v) is 13.8. The molecular formula is C20H19N3O2. The van der Waals surface area contributed by atoms with Crippen molar-refractivity contribution in [2.75, 3.05) is 18.5 Å². The molecule has 2 heterocycles. The number of nitrogens with one attached hydrogen (secondary N) is 1. The highest BCUT2D eigenvalue weighted by atomic mass is 16.6. The quantitative estimate of drug-likeness (QED) is 0.783. The van der Waals surface area contributed by atoms with Crippen molar-refractivity contribution in [1.29, 1.82) is 0 Å². The van der Waals surface area contributed by atoms with Crippen LogP contribution in [-0.2, 0) is 0 Å². The molecule has 0 amide bonds. The fraction of sp³-hybridized carbons (Fsp3) is 0.300. The standard InChI is InChI=1S/C20H19N3O2/c1-2-4-16-15(3-1)20(22-12-21-16)23-19(13-5-6-13)14-7-8-17-18(11-14)25-10-9-24-17/h1-4,7-8,11-13,19H,5-6,9-10H2,(H,21,22,23)/t19-/m1/s1. The Morgan fingerprint density at radius 1 is 0.960 bits per heavy atom. The van der Waals surface area contributed by atoms with Crippen molar-refractivity contribution in [3.8, 4) is 11.5 Å². The summed E-state index contributed by atoms with van der Waals surface area (Å²) < 4.78 is 11.4. The van der Waals surface area contributed by atoms with Gasteiger partial charge in [0.05, 0.1) is 11.6 Å². The molecule has 25 heavy (non-hydrogen) atoms. The van der Waals surface area contributed by atoms with Crippen LogP contribution < -0.4 is 14.8 Å². The van der Waals surface area contributed by atoms with Gasteiger partial charge >= 0.3 is 0 Å². The Morgan fingerprint density at radius 3 is 2.68 bits per heavy atom. The topological polar surface area (TPSA) is 56.3 Å². The molecule has 1 N–H and O–H groups in total. The van der Waals surface area contributed by atoms with E-state index in [1.54, 1.807) is 6.33 Å². The molecule has 1 saturated carbocycles. The minimum Gasteiger partial charge on any atom is -0.486 e. The van der Waals surface area contributed by atoms with Gasteiger partial charge in [0, 0.05) is 5.39 Å². The fourth-order valence-corrected chi connectivity index (χ4v) is 3.42. The van der Waals surface area contributed by atoms with Crippen molar-refractivity contribution in [2.24, 2.45) is 5.92 Å². The molecule has 0 spiro atoms. The van der Waals surface area contributed by atoms with E-state index in [0.717, 1.165) is 28.2 Å². The Balaban J connectivity index is 1.51. The number of hydrogen-bond donors (Lipinski definition) is 1. The van der Waals surface area contributed by atoms with E-state index in [-0.39, 0.29) is 6.04 Å². The molecule has 1 aromatic heterocycles. The van der Waals surface area contributed by atoms with Crippen LogP contribution in [0.3, 0.4) is 0 Å². The van der Waals surface area contributed by atoms with Crippen LogP contribution in [-0.4, -0.2) is 23.2 Å². The number of ether oxygens (including phenoxy) is 2. The van der Waals surface area contributed by atoms with Gasteiger partial charge in [0.1, 0.15) is 25.4 Å². The Morgan fingerprint density at radius 2 is 1.80 bits per heavy atom. The third-order valence-electron chi connectivity index (χ3n) is 4.85. The Hall–Kier alpha value is -2.82. The van der Waals surface area contributed by atoms with Gasteiger partial charge < -0.3 is 14.8 Å². The predicted molar refractivity (Wildman–Crippen MR) is 96.1 cm³/mol.